The van der Waals surface area contributed by atoms with E-state index in [0.29, 0.717) is 35.8 Å². The van der Waals surface area contributed by atoms with Gasteiger partial charge < -0.3 is 14.4 Å². The van der Waals surface area contributed by atoms with Crippen LogP contribution in [0.15, 0.2) is 41.3 Å². The Morgan fingerprint density at radius 3 is 2.24 bits per heavy atom. The van der Waals surface area contributed by atoms with Crippen molar-refractivity contribution in [2.24, 2.45) is 0 Å². The highest BCUT2D eigenvalue weighted by Crippen LogP contribution is 2.30. The molecule has 1 aliphatic heterocycles. The molecule has 33 heavy (non-hydrogen) atoms. The quantitative estimate of drug-likeness (QED) is 0.424. The third kappa shape index (κ3) is 5.25. The number of amides is 1. The number of nitro benzene ring substituents is 1. The Morgan fingerprint density at radius 2 is 1.64 bits per heavy atom. The van der Waals surface area contributed by atoms with Crippen molar-refractivity contribution >= 4 is 21.6 Å². The van der Waals surface area contributed by atoms with Crippen molar-refractivity contribution in [3.8, 4) is 11.5 Å². The molecule has 1 amide bonds. The Kier molecular flexibility index (Phi) is 7.54. The first kappa shape index (κ1) is 24.5. The highest BCUT2D eigenvalue weighted by molar-refractivity contribution is 7.89. The Balaban J connectivity index is 1.74. The van der Waals surface area contributed by atoms with Gasteiger partial charge in [-0.2, -0.15) is 4.31 Å². The molecule has 3 rings (SSSR count). The molecule has 0 radical (unpaired) electrons. The molecule has 0 N–H and O–H groups in total. The van der Waals surface area contributed by atoms with Crippen molar-refractivity contribution in [2.75, 3.05) is 39.4 Å². The summed E-state index contributed by atoms with van der Waals surface area (Å²) in [6.45, 7) is 6.76. The molecule has 2 aromatic rings. The van der Waals surface area contributed by atoms with Gasteiger partial charge >= 0.3 is 0 Å². The third-order valence-electron chi connectivity index (χ3n) is 5.32. The lowest BCUT2D eigenvalue weighted by molar-refractivity contribution is -0.385. The number of hydrogen-bond acceptors (Lipinski definition) is 7. The molecule has 1 heterocycles. The smallest absolute Gasteiger partial charge is 0.270 e. The van der Waals surface area contributed by atoms with E-state index in [1.807, 2.05) is 13.8 Å². The minimum atomic E-state index is -3.93. The van der Waals surface area contributed by atoms with Crippen LogP contribution in [0.2, 0.25) is 0 Å². The van der Waals surface area contributed by atoms with E-state index < -0.39 is 14.9 Å². The van der Waals surface area contributed by atoms with Gasteiger partial charge in [0.1, 0.15) is 0 Å². The maximum Gasteiger partial charge on any atom is 0.270 e. The van der Waals surface area contributed by atoms with Crippen LogP contribution in [0.1, 0.15) is 29.8 Å². The average Bonchev–Trinajstić information content (AvgIpc) is 2.80. The van der Waals surface area contributed by atoms with Gasteiger partial charge in [0.05, 0.1) is 23.0 Å². The second kappa shape index (κ2) is 10.2. The topological polar surface area (TPSA) is 119 Å². The average molecular weight is 478 g/mol. The summed E-state index contributed by atoms with van der Waals surface area (Å²) < 4.78 is 38.6. The standard InChI is InChI=1S/C22H27N3O7S/c1-4-31-19-9-7-17(14-20(19)32-5-2)22(26)23-10-12-24(13-11-23)33(29,30)21-15-18(25(27)28)8-6-16(21)3/h6-9,14-15H,4-5,10-13H2,1-3H3. The van der Waals surface area contributed by atoms with Gasteiger partial charge in [0.2, 0.25) is 10.0 Å². The summed E-state index contributed by atoms with van der Waals surface area (Å²) in [6, 6.07) is 8.76. The van der Waals surface area contributed by atoms with Gasteiger partial charge in [0.15, 0.2) is 11.5 Å². The van der Waals surface area contributed by atoms with Gasteiger partial charge in [0, 0.05) is 43.9 Å². The van der Waals surface area contributed by atoms with Gasteiger partial charge in [-0.1, -0.05) is 6.07 Å². The van der Waals surface area contributed by atoms with E-state index in [1.54, 1.807) is 30.0 Å². The van der Waals surface area contributed by atoms with Gasteiger partial charge in [0.25, 0.3) is 11.6 Å². The predicted molar refractivity (Wildman–Crippen MR) is 121 cm³/mol. The molecule has 11 heteroatoms. The van der Waals surface area contributed by atoms with Crippen LogP contribution in [0.25, 0.3) is 0 Å². The van der Waals surface area contributed by atoms with E-state index >= 15 is 0 Å². The first-order valence-corrected chi connectivity index (χ1v) is 12.1. The summed E-state index contributed by atoms with van der Waals surface area (Å²) >= 11 is 0. The lowest BCUT2D eigenvalue weighted by Crippen LogP contribution is -2.50. The van der Waals surface area contributed by atoms with Crippen molar-refractivity contribution in [1.82, 2.24) is 9.21 Å². The molecule has 2 aromatic carbocycles. The van der Waals surface area contributed by atoms with Crippen LogP contribution in [0, 0.1) is 17.0 Å². The fourth-order valence-electron chi connectivity index (χ4n) is 3.62. The minimum absolute atomic E-state index is 0.0888. The highest BCUT2D eigenvalue weighted by atomic mass is 32.2. The predicted octanol–water partition coefficient (Wildman–Crippen LogP) is 2.85. The number of non-ortho nitro benzene ring substituents is 1. The largest absolute Gasteiger partial charge is 0.490 e. The van der Waals surface area contributed by atoms with E-state index in [0.717, 1.165) is 6.07 Å². The zero-order chi connectivity index (χ0) is 24.2. The number of piperazine rings is 1. The van der Waals surface area contributed by atoms with E-state index in [1.165, 1.54) is 16.4 Å². The molecule has 0 spiro atoms. The summed E-state index contributed by atoms with van der Waals surface area (Å²) in [4.78, 5) is 25.0. The van der Waals surface area contributed by atoms with Crippen molar-refractivity contribution in [3.05, 3.63) is 57.6 Å². The summed E-state index contributed by atoms with van der Waals surface area (Å²) in [5.74, 6) is 0.800. The number of nitro groups is 1. The number of benzene rings is 2. The fourth-order valence-corrected chi connectivity index (χ4v) is 5.28. The minimum Gasteiger partial charge on any atom is -0.490 e. The maximum atomic E-state index is 13.1. The Labute approximate surface area is 192 Å². The van der Waals surface area contributed by atoms with Crippen LogP contribution >= 0.6 is 0 Å². The van der Waals surface area contributed by atoms with Crippen molar-refractivity contribution < 1.29 is 27.6 Å². The molecule has 0 bridgehead atoms. The lowest BCUT2D eigenvalue weighted by Gasteiger charge is -2.34. The van der Waals surface area contributed by atoms with Crippen LogP contribution in [0.4, 0.5) is 5.69 Å². The number of hydrogen-bond donors (Lipinski definition) is 0. The number of sulfonamides is 1. The third-order valence-corrected chi connectivity index (χ3v) is 7.36. The highest BCUT2D eigenvalue weighted by Gasteiger charge is 2.32. The molecule has 0 aliphatic carbocycles. The van der Waals surface area contributed by atoms with Gasteiger partial charge in [-0.3, -0.25) is 14.9 Å². The van der Waals surface area contributed by atoms with Gasteiger partial charge in [-0.15, -0.1) is 0 Å². The second-order valence-electron chi connectivity index (χ2n) is 7.43. The number of ether oxygens (including phenoxy) is 2. The van der Waals surface area contributed by atoms with Crippen LogP contribution in [0.5, 0.6) is 11.5 Å². The maximum absolute atomic E-state index is 13.1. The first-order chi connectivity index (χ1) is 15.7. The number of carbonyl (C=O) groups excluding carboxylic acids is 1. The molecular formula is C22H27N3O7S. The number of nitrogens with zero attached hydrogens (tertiary/aromatic N) is 3. The molecule has 0 saturated carbocycles. The summed E-state index contributed by atoms with van der Waals surface area (Å²) in [6.07, 6.45) is 0. The van der Waals surface area contributed by atoms with Crippen LogP contribution in [-0.2, 0) is 10.0 Å². The molecule has 0 unspecified atom stereocenters. The van der Waals surface area contributed by atoms with E-state index in [4.69, 9.17) is 9.47 Å². The summed E-state index contributed by atoms with van der Waals surface area (Å²) in [5, 5.41) is 11.1. The van der Waals surface area contributed by atoms with Crippen LogP contribution in [-0.4, -0.2) is 67.8 Å². The second-order valence-corrected chi connectivity index (χ2v) is 9.34. The van der Waals surface area contributed by atoms with E-state index in [2.05, 4.69) is 0 Å². The Bertz CT molecular complexity index is 1140. The molecule has 1 saturated heterocycles. The van der Waals surface area contributed by atoms with Crippen LogP contribution in [0.3, 0.4) is 0 Å². The zero-order valence-electron chi connectivity index (χ0n) is 18.8. The molecule has 10 nitrogen and oxygen atoms in total. The molecule has 0 atom stereocenters. The van der Waals surface area contributed by atoms with Crippen LogP contribution < -0.4 is 9.47 Å². The van der Waals surface area contributed by atoms with Crippen molar-refractivity contribution in [1.29, 1.82) is 0 Å². The lowest BCUT2D eigenvalue weighted by atomic mass is 10.1. The Hall–Kier alpha value is -3.18. The normalized spacial score (nSPS) is 14.7. The Morgan fingerprint density at radius 1 is 1.00 bits per heavy atom. The molecule has 178 valence electrons. The number of carbonyl (C=O) groups is 1. The van der Waals surface area contributed by atoms with Gasteiger partial charge in [-0.25, -0.2) is 8.42 Å². The summed E-state index contributed by atoms with van der Waals surface area (Å²) in [5.41, 5.74) is 0.568. The fraction of sp³-hybridized carbons (Fsp3) is 0.409. The zero-order valence-corrected chi connectivity index (χ0v) is 19.6. The number of aryl methyl sites for hydroxylation is 1. The van der Waals surface area contributed by atoms with Crippen molar-refractivity contribution in [2.45, 2.75) is 25.7 Å². The molecule has 1 aliphatic rings. The SMILES string of the molecule is CCOc1ccc(C(=O)N2CCN(S(=O)(=O)c3cc([N+](=O)[O-])ccc3C)CC2)cc1OCC. The van der Waals surface area contributed by atoms with E-state index in [-0.39, 0.29) is 42.7 Å². The molecule has 0 aromatic heterocycles. The van der Waals surface area contributed by atoms with Crippen molar-refractivity contribution in [3.63, 3.8) is 0 Å². The first-order valence-electron chi connectivity index (χ1n) is 10.6. The molecule has 1 fully saturated rings. The summed E-state index contributed by atoms with van der Waals surface area (Å²) in [7, 11) is -3.93. The number of rotatable bonds is 8. The molecular weight excluding hydrogens is 450 g/mol. The van der Waals surface area contributed by atoms with E-state index in [9.17, 15) is 23.3 Å². The monoisotopic (exact) mass is 477 g/mol. The van der Waals surface area contributed by atoms with Gasteiger partial charge in [-0.05, 0) is 44.5 Å².